The molecule has 0 aromatic heterocycles. The van der Waals surface area contributed by atoms with Crippen molar-refractivity contribution in [3.8, 4) is 5.75 Å². The van der Waals surface area contributed by atoms with Gasteiger partial charge < -0.3 is 40.6 Å². The first-order valence-corrected chi connectivity index (χ1v) is 16.5. The van der Waals surface area contributed by atoms with Gasteiger partial charge in [-0.2, -0.15) is 0 Å². The zero-order valence-corrected chi connectivity index (χ0v) is 29.7. The predicted octanol–water partition coefficient (Wildman–Crippen LogP) is 3.04. The van der Waals surface area contributed by atoms with Crippen molar-refractivity contribution in [2.75, 3.05) is 45.0 Å². The minimum Gasteiger partial charge on any atom is -0.465 e. The van der Waals surface area contributed by atoms with Crippen molar-refractivity contribution >= 4 is 29.5 Å². The molecule has 1 aliphatic heterocycles. The number of carbonyl (C=O) groups excluding carboxylic acids is 4. The molecule has 2 aromatic carbocycles. The van der Waals surface area contributed by atoms with Gasteiger partial charge in [-0.25, -0.2) is 4.79 Å². The molecule has 1 saturated heterocycles. The third-order valence-electron chi connectivity index (χ3n) is 8.92. The minimum absolute atomic E-state index is 0.00266. The van der Waals surface area contributed by atoms with Gasteiger partial charge in [0.1, 0.15) is 12.4 Å². The van der Waals surface area contributed by atoms with Crippen LogP contribution in [0.4, 0.5) is 10.5 Å². The van der Waals surface area contributed by atoms with Crippen LogP contribution in [0, 0.1) is 17.3 Å². The minimum atomic E-state index is -1.20. The predicted molar refractivity (Wildman–Crippen MR) is 185 cm³/mol. The van der Waals surface area contributed by atoms with Crippen molar-refractivity contribution in [3.63, 3.8) is 0 Å². The summed E-state index contributed by atoms with van der Waals surface area (Å²) in [5.41, 5.74) is 5.33. The fourth-order valence-corrected chi connectivity index (χ4v) is 5.54. The number of methoxy groups -OCH3 is 1. The summed E-state index contributed by atoms with van der Waals surface area (Å²) >= 11 is 0. The molecule has 270 valence electrons. The summed E-state index contributed by atoms with van der Waals surface area (Å²) in [6, 6.07) is 15.5. The second-order valence-corrected chi connectivity index (χ2v) is 14.1. The molecule has 5 N–H and O–H groups in total. The smallest absolute Gasteiger partial charge is 0.407 e. The maximum Gasteiger partial charge on any atom is 0.407 e. The van der Waals surface area contributed by atoms with Crippen molar-refractivity contribution < 1.29 is 38.5 Å². The van der Waals surface area contributed by atoms with E-state index in [0.717, 1.165) is 5.56 Å². The van der Waals surface area contributed by atoms with Crippen LogP contribution >= 0.6 is 0 Å². The molecule has 4 amide bonds. The number of hydrogen-bond donors (Lipinski definition) is 4. The van der Waals surface area contributed by atoms with Crippen LogP contribution in [0.1, 0.15) is 53.5 Å². The van der Waals surface area contributed by atoms with Crippen molar-refractivity contribution in [1.29, 1.82) is 0 Å². The number of aliphatic hydroxyl groups excluding tert-OH is 1. The van der Waals surface area contributed by atoms with E-state index in [1.165, 1.54) is 7.11 Å². The van der Waals surface area contributed by atoms with Gasteiger partial charge in [0.05, 0.1) is 29.8 Å². The fourth-order valence-electron chi connectivity index (χ4n) is 5.54. The Labute approximate surface area is 289 Å². The van der Waals surface area contributed by atoms with Crippen LogP contribution in [0.5, 0.6) is 5.75 Å². The van der Waals surface area contributed by atoms with E-state index in [0.29, 0.717) is 18.0 Å². The first-order chi connectivity index (χ1) is 23.1. The zero-order valence-electron chi connectivity index (χ0n) is 29.7. The lowest BCUT2D eigenvalue weighted by atomic mass is 9.86. The van der Waals surface area contributed by atoms with Crippen LogP contribution in [0.25, 0.3) is 0 Å². The highest BCUT2D eigenvalue weighted by Crippen LogP contribution is 2.33. The number of benzene rings is 2. The molecule has 13 heteroatoms. The van der Waals surface area contributed by atoms with Crippen LogP contribution in [0.3, 0.4) is 0 Å². The average Bonchev–Trinajstić information content (AvgIpc) is 3.05. The number of nitrogens with zero attached hydrogens (tertiary/aromatic N) is 2. The van der Waals surface area contributed by atoms with Gasteiger partial charge in [0, 0.05) is 38.2 Å². The monoisotopic (exact) mass is 683 g/mol. The number of nitrogens with two attached hydrogens (primary N) is 1. The number of amides is 4. The Morgan fingerprint density at radius 2 is 1.71 bits per heavy atom. The number of hydrogen-bond acceptors (Lipinski definition) is 9. The highest BCUT2D eigenvalue weighted by Gasteiger charge is 2.42. The Morgan fingerprint density at radius 1 is 1.06 bits per heavy atom. The van der Waals surface area contributed by atoms with E-state index in [1.54, 1.807) is 24.8 Å². The molecular weight excluding hydrogens is 630 g/mol. The van der Waals surface area contributed by atoms with Crippen LogP contribution in [0.15, 0.2) is 54.6 Å². The van der Waals surface area contributed by atoms with E-state index in [-0.39, 0.29) is 57.2 Å². The summed E-state index contributed by atoms with van der Waals surface area (Å²) in [7, 11) is 1.52. The van der Waals surface area contributed by atoms with Crippen molar-refractivity contribution in [2.45, 2.75) is 72.3 Å². The number of anilines is 1. The van der Waals surface area contributed by atoms with E-state index >= 15 is 0 Å². The average molecular weight is 684 g/mol. The Kier molecular flexibility index (Phi) is 14.0. The Morgan fingerprint density at radius 3 is 2.35 bits per heavy atom. The van der Waals surface area contributed by atoms with Crippen molar-refractivity contribution in [3.05, 3.63) is 60.2 Å². The maximum atomic E-state index is 13.6. The third-order valence-corrected chi connectivity index (χ3v) is 8.92. The van der Waals surface area contributed by atoms with Crippen LogP contribution in [-0.2, 0) is 30.5 Å². The Bertz CT molecular complexity index is 1420. The zero-order chi connectivity index (χ0) is 36.4. The molecule has 13 nitrogen and oxygen atoms in total. The van der Waals surface area contributed by atoms with Crippen molar-refractivity contribution in [2.24, 2.45) is 23.0 Å². The number of ether oxygens (including phenoxy) is 3. The Balaban J connectivity index is 1.82. The Hall–Kier alpha value is -4.20. The number of piperazine rings is 1. The molecule has 1 heterocycles. The normalized spacial score (nSPS) is 16.8. The molecular formula is C36H53N5O8. The number of carbonyl (C=O) groups is 4. The molecule has 3 rings (SSSR count). The fraction of sp³-hybridized carbons (Fsp3) is 0.556. The SMILES string of the molecule is COCOc1ccccc1N1CC(C)(C)N(C[C@H](NC(=O)OCc2ccccc2)[C@@H](O)C[C@H](C(=O)NCC(C)(C)C(N)=O)C(C)C)CC1=O. The number of alkyl carbamates (subject to hydrolysis) is 1. The largest absolute Gasteiger partial charge is 0.465 e. The maximum absolute atomic E-state index is 13.6. The third kappa shape index (κ3) is 11.2. The lowest BCUT2D eigenvalue weighted by Gasteiger charge is -2.48. The number of aliphatic hydroxyl groups is 1. The molecule has 0 radical (unpaired) electrons. The molecule has 0 spiro atoms. The highest BCUT2D eigenvalue weighted by molar-refractivity contribution is 5.97. The standard InChI is InChI=1S/C36H53N5O8/c1-24(2)26(32(44)38-21-35(3,4)33(37)45)17-29(42)27(39-34(46)48-20-25-13-9-8-10-14-25)18-40-19-31(43)41(22-36(40,5)6)28-15-11-12-16-30(28)49-23-47-7/h8-16,24,26-27,29,42H,17-23H2,1-7H3,(H2,37,45)(H,38,44)(H,39,46)/t26-,27-,29-/m0/s1. The van der Waals surface area contributed by atoms with Gasteiger partial charge in [-0.15, -0.1) is 0 Å². The molecule has 2 aromatic rings. The van der Waals surface area contributed by atoms with Crippen LogP contribution in [0.2, 0.25) is 0 Å². The molecule has 1 aliphatic rings. The lowest BCUT2D eigenvalue weighted by molar-refractivity contribution is -0.130. The van der Waals surface area contributed by atoms with Gasteiger partial charge in [0.2, 0.25) is 17.7 Å². The second-order valence-electron chi connectivity index (χ2n) is 14.1. The van der Waals surface area contributed by atoms with E-state index in [9.17, 15) is 24.3 Å². The molecule has 0 saturated carbocycles. The molecule has 0 bridgehead atoms. The number of rotatable bonds is 17. The van der Waals surface area contributed by atoms with Gasteiger partial charge in [-0.1, -0.05) is 56.3 Å². The molecule has 3 atom stereocenters. The summed E-state index contributed by atoms with van der Waals surface area (Å²) < 4.78 is 16.3. The quantitative estimate of drug-likeness (QED) is 0.183. The van der Waals surface area contributed by atoms with Gasteiger partial charge >= 0.3 is 6.09 Å². The summed E-state index contributed by atoms with van der Waals surface area (Å²) in [4.78, 5) is 55.5. The van der Waals surface area contributed by atoms with Gasteiger partial charge in [0.15, 0.2) is 6.79 Å². The second kappa shape index (κ2) is 17.5. The molecule has 1 fully saturated rings. The molecule has 0 unspecified atom stereocenters. The van der Waals surface area contributed by atoms with Crippen molar-refractivity contribution in [1.82, 2.24) is 15.5 Å². The lowest BCUT2D eigenvalue weighted by Crippen LogP contribution is -2.65. The summed E-state index contributed by atoms with van der Waals surface area (Å²) in [6.07, 6.45) is -1.93. The number of nitrogens with one attached hydrogen (secondary N) is 2. The van der Waals surface area contributed by atoms with Gasteiger partial charge in [-0.3, -0.25) is 19.3 Å². The first kappa shape index (κ1) is 39.2. The van der Waals surface area contributed by atoms with E-state index in [1.807, 2.05) is 81.1 Å². The summed E-state index contributed by atoms with van der Waals surface area (Å²) in [5, 5.41) is 17.3. The number of primary amides is 1. The van der Waals surface area contributed by atoms with E-state index < -0.39 is 41.0 Å². The summed E-state index contributed by atoms with van der Waals surface area (Å²) in [5.74, 6) is -1.40. The van der Waals surface area contributed by atoms with Crippen LogP contribution < -0.4 is 26.0 Å². The van der Waals surface area contributed by atoms with E-state index in [2.05, 4.69) is 10.6 Å². The topological polar surface area (TPSA) is 173 Å². The first-order valence-electron chi connectivity index (χ1n) is 16.5. The molecule has 0 aliphatic carbocycles. The number of para-hydroxylation sites is 2. The molecule has 49 heavy (non-hydrogen) atoms. The van der Waals surface area contributed by atoms with Crippen LogP contribution in [-0.4, -0.2) is 91.6 Å². The van der Waals surface area contributed by atoms with E-state index in [4.69, 9.17) is 19.9 Å². The van der Waals surface area contributed by atoms with Gasteiger partial charge in [0.25, 0.3) is 0 Å². The highest BCUT2D eigenvalue weighted by atomic mass is 16.7. The summed E-state index contributed by atoms with van der Waals surface area (Å²) in [6.45, 7) is 11.4. The van der Waals surface area contributed by atoms with Gasteiger partial charge in [-0.05, 0) is 57.7 Å².